The Kier molecular flexibility index (Phi) is 5.60. The molecule has 3 aromatic rings. The second-order valence-corrected chi connectivity index (χ2v) is 7.00. The second-order valence-electron chi connectivity index (χ2n) is 7.00. The number of hydrogen-bond acceptors (Lipinski definition) is 4. The van der Waals surface area contributed by atoms with E-state index >= 15 is 0 Å². The molecule has 29 heavy (non-hydrogen) atoms. The largest absolute Gasteiger partial charge is 0.329 e. The zero-order valence-electron chi connectivity index (χ0n) is 16.6. The Morgan fingerprint density at radius 2 is 1.76 bits per heavy atom. The molecular weight excluding hydrogens is 366 g/mol. The highest BCUT2D eigenvalue weighted by atomic mass is 16.2. The minimum absolute atomic E-state index is 0.0253. The van der Waals surface area contributed by atoms with Crippen LogP contribution in [0.3, 0.4) is 0 Å². The highest BCUT2D eigenvalue weighted by Gasteiger charge is 2.20. The molecular formula is C23H21N3O3. The monoisotopic (exact) mass is 387 g/mol. The minimum Gasteiger partial charge on any atom is -0.303 e. The average molecular weight is 387 g/mol. The Hall–Kier alpha value is -3.72. The Morgan fingerprint density at radius 3 is 2.38 bits per heavy atom. The van der Waals surface area contributed by atoms with Crippen LogP contribution < -0.4 is 11.2 Å². The number of aryl methyl sites for hydroxylation is 2. The van der Waals surface area contributed by atoms with Gasteiger partial charge >= 0.3 is 5.69 Å². The van der Waals surface area contributed by atoms with Crippen molar-refractivity contribution in [1.82, 2.24) is 9.55 Å². The summed E-state index contributed by atoms with van der Waals surface area (Å²) in [4.78, 5) is 41.3. The molecule has 0 aliphatic carbocycles. The molecule has 6 heteroatoms. The first kappa shape index (κ1) is 20.0. The molecule has 1 heterocycles. The van der Waals surface area contributed by atoms with Crippen molar-refractivity contribution in [2.45, 2.75) is 33.7 Å². The molecule has 0 bridgehead atoms. The topological polar surface area (TPSA) is 95.7 Å². The predicted octanol–water partition coefficient (Wildman–Crippen LogP) is 2.87. The Morgan fingerprint density at radius 1 is 1.10 bits per heavy atom. The maximum Gasteiger partial charge on any atom is 0.329 e. The standard InChI is InChI=1S/C23H21N3O3/c1-4-19-20(21(27)18-10-14(2)9-15(3)11-18)25-23(29)26(22(19)28)13-17-8-6-5-7-16(17)12-24/h5-11H,4,13H2,1-3H3,(H,25,29). The summed E-state index contributed by atoms with van der Waals surface area (Å²) in [6.45, 7) is 5.50. The minimum atomic E-state index is -0.673. The maximum absolute atomic E-state index is 13.0. The summed E-state index contributed by atoms with van der Waals surface area (Å²) in [6, 6.07) is 14.3. The lowest BCUT2D eigenvalue weighted by molar-refractivity contribution is 0.103. The van der Waals surface area contributed by atoms with Gasteiger partial charge in [0.15, 0.2) is 0 Å². The van der Waals surface area contributed by atoms with Gasteiger partial charge in [-0.05, 0) is 44.0 Å². The predicted molar refractivity (Wildman–Crippen MR) is 110 cm³/mol. The van der Waals surface area contributed by atoms with Crippen LogP contribution in [0.25, 0.3) is 0 Å². The third kappa shape index (κ3) is 3.94. The van der Waals surface area contributed by atoms with Crippen molar-refractivity contribution in [2.24, 2.45) is 0 Å². The molecule has 1 N–H and O–H groups in total. The number of rotatable bonds is 5. The third-order valence-electron chi connectivity index (χ3n) is 4.81. The molecule has 0 radical (unpaired) electrons. The van der Waals surface area contributed by atoms with Gasteiger partial charge in [0.2, 0.25) is 5.78 Å². The molecule has 0 amide bonds. The van der Waals surface area contributed by atoms with Crippen molar-refractivity contribution < 1.29 is 4.79 Å². The molecule has 3 rings (SSSR count). The van der Waals surface area contributed by atoms with Crippen LogP contribution in [0.15, 0.2) is 52.1 Å². The third-order valence-corrected chi connectivity index (χ3v) is 4.81. The maximum atomic E-state index is 13.0. The highest BCUT2D eigenvalue weighted by molar-refractivity contribution is 6.08. The van der Waals surface area contributed by atoms with Gasteiger partial charge in [-0.2, -0.15) is 5.26 Å². The summed E-state index contributed by atoms with van der Waals surface area (Å²) in [5.41, 5.74) is 2.33. The van der Waals surface area contributed by atoms with Gasteiger partial charge in [-0.1, -0.05) is 42.3 Å². The number of hydrogen-bond donors (Lipinski definition) is 1. The summed E-state index contributed by atoms with van der Waals surface area (Å²) in [5.74, 6) is -0.382. The van der Waals surface area contributed by atoms with E-state index in [2.05, 4.69) is 11.1 Å². The van der Waals surface area contributed by atoms with E-state index in [1.807, 2.05) is 19.9 Å². The number of carbonyl (C=O) groups excluding carboxylic acids is 1. The number of nitriles is 1. The molecule has 0 aliphatic heterocycles. The number of aromatic nitrogens is 2. The van der Waals surface area contributed by atoms with Gasteiger partial charge in [-0.15, -0.1) is 0 Å². The van der Waals surface area contributed by atoms with E-state index in [1.165, 1.54) is 0 Å². The van der Waals surface area contributed by atoms with Crippen molar-refractivity contribution in [1.29, 1.82) is 5.26 Å². The molecule has 0 spiro atoms. The van der Waals surface area contributed by atoms with Crippen LogP contribution >= 0.6 is 0 Å². The van der Waals surface area contributed by atoms with E-state index in [1.54, 1.807) is 43.3 Å². The Balaban J connectivity index is 2.13. The van der Waals surface area contributed by atoms with Crippen LogP contribution in [0.5, 0.6) is 0 Å². The van der Waals surface area contributed by atoms with Crippen LogP contribution in [0, 0.1) is 25.2 Å². The van der Waals surface area contributed by atoms with Crippen molar-refractivity contribution in [3.63, 3.8) is 0 Å². The SMILES string of the molecule is CCc1c(C(=O)c2cc(C)cc(C)c2)[nH]c(=O)n(Cc2ccccc2C#N)c1=O. The molecule has 2 aromatic carbocycles. The number of nitrogens with zero attached hydrogens (tertiary/aromatic N) is 2. The van der Waals surface area contributed by atoms with E-state index in [4.69, 9.17) is 0 Å². The summed E-state index contributed by atoms with van der Waals surface area (Å²) in [6.07, 6.45) is 0.293. The van der Waals surface area contributed by atoms with Gasteiger partial charge in [0.05, 0.1) is 23.9 Å². The highest BCUT2D eigenvalue weighted by Crippen LogP contribution is 2.14. The summed E-state index contributed by atoms with van der Waals surface area (Å²) >= 11 is 0. The zero-order valence-corrected chi connectivity index (χ0v) is 16.6. The number of carbonyl (C=O) groups is 1. The van der Waals surface area contributed by atoms with E-state index in [0.717, 1.165) is 15.7 Å². The van der Waals surface area contributed by atoms with Gasteiger partial charge in [0.25, 0.3) is 5.56 Å². The molecule has 1 aromatic heterocycles. The molecule has 146 valence electrons. The summed E-state index contributed by atoms with van der Waals surface area (Å²) in [5, 5.41) is 9.26. The van der Waals surface area contributed by atoms with Crippen LogP contribution in [0.4, 0.5) is 0 Å². The fraction of sp³-hybridized carbons (Fsp3) is 0.217. The molecule has 0 atom stereocenters. The van der Waals surface area contributed by atoms with Crippen LogP contribution in [-0.4, -0.2) is 15.3 Å². The number of benzene rings is 2. The van der Waals surface area contributed by atoms with Crippen LogP contribution in [0.1, 0.15) is 50.8 Å². The quantitative estimate of drug-likeness (QED) is 0.681. The summed E-state index contributed by atoms with van der Waals surface area (Å²) < 4.78 is 1.03. The molecule has 0 saturated heterocycles. The van der Waals surface area contributed by atoms with Gasteiger partial charge in [0.1, 0.15) is 0 Å². The fourth-order valence-electron chi connectivity index (χ4n) is 3.47. The molecule has 0 fully saturated rings. The molecule has 0 unspecified atom stereocenters. The van der Waals surface area contributed by atoms with E-state index in [9.17, 15) is 19.6 Å². The average Bonchev–Trinajstić information content (AvgIpc) is 2.69. The van der Waals surface area contributed by atoms with Crippen LogP contribution in [-0.2, 0) is 13.0 Å². The first-order valence-electron chi connectivity index (χ1n) is 9.32. The zero-order chi connectivity index (χ0) is 21.1. The number of ketones is 1. The van der Waals surface area contributed by atoms with Crippen molar-refractivity contribution in [3.8, 4) is 6.07 Å². The van der Waals surface area contributed by atoms with E-state index < -0.39 is 11.2 Å². The Labute approximate surface area is 168 Å². The first-order chi connectivity index (χ1) is 13.8. The summed E-state index contributed by atoms with van der Waals surface area (Å²) in [7, 11) is 0. The van der Waals surface area contributed by atoms with E-state index in [0.29, 0.717) is 23.1 Å². The first-order valence-corrected chi connectivity index (χ1v) is 9.32. The number of H-pyrrole nitrogens is 1. The van der Waals surface area contributed by atoms with Crippen molar-refractivity contribution in [2.75, 3.05) is 0 Å². The van der Waals surface area contributed by atoms with Crippen molar-refractivity contribution in [3.05, 3.63) is 102 Å². The molecule has 6 nitrogen and oxygen atoms in total. The lowest BCUT2D eigenvalue weighted by atomic mass is 9.99. The Bertz CT molecular complexity index is 1240. The number of nitrogens with one attached hydrogen (secondary N) is 1. The fourth-order valence-corrected chi connectivity index (χ4v) is 3.47. The van der Waals surface area contributed by atoms with Gasteiger partial charge in [0, 0.05) is 11.1 Å². The van der Waals surface area contributed by atoms with Gasteiger partial charge in [-0.25, -0.2) is 4.79 Å². The molecule has 0 saturated carbocycles. The van der Waals surface area contributed by atoms with Gasteiger partial charge < -0.3 is 4.98 Å². The lowest BCUT2D eigenvalue weighted by Crippen LogP contribution is -2.40. The second kappa shape index (κ2) is 8.11. The lowest BCUT2D eigenvalue weighted by Gasteiger charge is -2.12. The van der Waals surface area contributed by atoms with Crippen molar-refractivity contribution >= 4 is 5.78 Å². The smallest absolute Gasteiger partial charge is 0.303 e. The number of aromatic amines is 1. The van der Waals surface area contributed by atoms with E-state index in [-0.39, 0.29) is 23.6 Å². The van der Waals surface area contributed by atoms with Gasteiger partial charge in [-0.3, -0.25) is 14.2 Å². The molecule has 0 aliphatic rings. The normalized spacial score (nSPS) is 10.6. The van der Waals surface area contributed by atoms with Crippen LogP contribution in [0.2, 0.25) is 0 Å².